The van der Waals surface area contributed by atoms with Crippen molar-refractivity contribution < 1.29 is 27.4 Å². The van der Waals surface area contributed by atoms with Crippen molar-refractivity contribution in [1.82, 2.24) is 0 Å². The topological polar surface area (TPSA) is 82.1 Å². The molecule has 0 bridgehead atoms. The molecule has 6 nitrogen and oxygen atoms in total. The highest BCUT2D eigenvalue weighted by Gasteiger charge is 2.60. The zero-order valence-electron chi connectivity index (χ0n) is 29.2. The number of aliphatic hydroxyl groups is 1. The highest BCUT2D eigenvalue weighted by Crippen LogP contribution is 2.61. The summed E-state index contributed by atoms with van der Waals surface area (Å²) < 4.78 is 47.0. The Labute approximate surface area is 283 Å². The van der Waals surface area contributed by atoms with Gasteiger partial charge in [-0.25, -0.2) is 8.42 Å². The van der Waals surface area contributed by atoms with Crippen LogP contribution >= 0.6 is 0 Å². The number of hydrogen-bond acceptors (Lipinski definition) is 6. The maximum Gasteiger partial charge on any atom is 0.261 e. The molecule has 1 saturated heterocycles. The van der Waals surface area contributed by atoms with Crippen molar-refractivity contribution in [3.05, 3.63) is 91.0 Å². The molecule has 1 N–H and O–H groups in total. The largest absolute Gasteiger partial charge is 0.407 e. The van der Waals surface area contributed by atoms with Crippen molar-refractivity contribution in [2.75, 3.05) is 19.8 Å². The van der Waals surface area contributed by atoms with Crippen molar-refractivity contribution in [3.8, 4) is 0 Å². The first-order chi connectivity index (χ1) is 22.0. The first-order valence-electron chi connectivity index (χ1n) is 17.1. The van der Waals surface area contributed by atoms with Crippen LogP contribution in [-0.4, -0.2) is 58.3 Å². The number of rotatable bonds is 14. The Morgan fingerprint density at radius 1 is 0.830 bits per heavy atom. The Balaban J connectivity index is 1.35. The van der Waals surface area contributed by atoms with E-state index in [-0.39, 0.29) is 21.8 Å². The predicted molar refractivity (Wildman–Crippen MR) is 191 cm³/mol. The summed E-state index contributed by atoms with van der Waals surface area (Å²) in [6.45, 7) is 16.6. The van der Waals surface area contributed by atoms with E-state index >= 15 is 0 Å². The Morgan fingerprint density at radius 3 is 1.81 bits per heavy atom. The van der Waals surface area contributed by atoms with E-state index in [1.54, 1.807) is 37.3 Å². The van der Waals surface area contributed by atoms with Crippen LogP contribution in [0, 0.1) is 17.3 Å². The molecule has 1 saturated carbocycles. The predicted octanol–water partition coefficient (Wildman–Crippen LogP) is 6.75. The molecule has 1 aliphatic carbocycles. The van der Waals surface area contributed by atoms with Crippen LogP contribution in [0.2, 0.25) is 5.04 Å². The van der Waals surface area contributed by atoms with Gasteiger partial charge in [-0.2, -0.15) is 0 Å². The van der Waals surface area contributed by atoms with Crippen molar-refractivity contribution in [3.63, 3.8) is 0 Å². The second kappa shape index (κ2) is 13.5. The summed E-state index contributed by atoms with van der Waals surface area (Å²) in [6, 6.07) is 29.9. The fourth-order valence-corrected chi connectivity index (χ4v) is 14.7. The van der Waals surface area contributed by atoms with Crippen molar-refractivity contribution >= 4 is 28.5 Å². The minimum atomic E-state index is -3.83. The van der Waals surface area contributed by atoms with E-state index in [0.29, 0.717) is 50.9 Å². The summed E-state index contributed by atoms with van der Waals surface area (Å²) in [5.41, 5.74) is -1.44. The molecule has 2 unspecified atom stereocenters. The lowest BCUT2D eigenvalue weighted by Gasteiger charge is -2.43. The van der Waals surface area contributed by atoms with Crippen LogP contribution in [0.4, 0.5) is 0 Å². The van der Waals surface area contributed by atoms with E-state index in [2.05, 4.69) is 95.3 Å². The van der Waals surface area contributed by atoms with E-state index in [4.69, 9.17) is 13.9 Å². The Kier molecular flexibility index (Phi) is 10.3. The first kappa shape index (κ1) is 36.0. The summed E-state index contributed by atoms with van der Waals surface area (Å²) in [4.78, 5) is 0.229. The Bertz CT molecular complexity index is 1520. The Hall–Kier alpha value is -2.33. The molecule has 2 aliphatic rings. The third-order valence-corrected chi connectivity index (χ3v) is 18.5. The Morgan fingerprint density at radius 2 is 1.32 bits per heavy atom. The fraction of sp³-hybridized carbons (Fsp3) is 0.538. The molecule has 1 aliphatic heterocycles. The number of hydrogen-bond donors (Lipinski definition) is 1. The normalized spacial score (nSPS) is 22.8. The van der Waals surface area contributed by atoms with E-state index in [0.717, 1.165) is 0 Å². The lowest BCUT2D eigenvalue weighted by Crippen LogP contribution is -2.66. The maximum atomic E-state index is 14.1. The van der Waals surface area contributed by atoms with Crippen LogP contribution in [0.1, 0.15) is 74.1 Å². The van der Waals surface area contributed by atoms with Gasteiger partial charge in [-0.15, -0.1) is 0 Å². The van der Waals surface area contributed by atoms with Gasteiger partial charge in [0.05, 0.1) is 29.0 Å². The number of sulfone groups is 1. The quantitative estimate of drug-likeness (QED) is 0.190. The summed E-state index contributed by atoms with van der Waals surface area (Å²) in [5, 5.41) is 13.4. The van der Waals surface area contributed by atoms with Gasteiger partial charge < -0.3 is 19.0 Å². The van der Waals surface area contributed by atoms with Gasteiger partial charge in [0, 0.05) is 13.0 Å². The minimum Gasteiger partial charge on any atom is -0.407 e. The molecule has 4 atom stereocenters. The molecule has 0 aromatic heterocycles. The van der Waals surface area contributed by atoms with Crippen molar-refractivity contribution in [2.45, 2.75) is 101 Å². The molecule has 0 amide bonds. The summed E-state index contributed by atoms with van der Waals surface area (Å²) in [7, 11) is -6.52. The van der Waals surface area contributed by atoms with Gasteiger partial charge in [-0.05, 0) is 77.9 Å². The lowest BCUT2D eigenvalue weighted by molar-refractivity contribution is -0.149. The molecule has 47 heavy (non-hydrogen) atoms. The molecular formula is C39H54O6SSi. The average molecular weight is 679 g/mol. The van der Waals surface area contributed by atoms with Gasteiger partial charge in [0.25, 0.3) is 8.32 Å². The lowest BCUT2D eigenvalue weighted by atomic mass is 9.89. The standard InChI is InChI=1S/C39H54O6SSi/c1-36(2,3)47(31-19-13-9-14-20-31,32-21-15-10-16-22-32)45-29-34-33(37(34,4)5)23-25-38(6,40)35(24-26-39(7)43-27-28-44-39)46(41,42)30-17-11-8-12-18-30/h8-22,33-35,40H,23-29H2,1-7H3/t33-,34-,35?,38?/m0/s1. The van der Waals surface area contributed by atoms with Crippen molar-refractivity contribution in [2.24, 2.45) is 17.3 Å². The zero-order valence-corrected chi connectivity index (χ0v) is 31.1. The highest BCUT2D eigenvalue weighted by molar-refractivity contribution is 7.92. The van der Waals surface area contributed by atoms with Gasteiger partial charge in [-0.1, -0.05) is 113 Å². The van der Waals surface area contributed by atoms with E-state index in [9.17, 15) is 13.5 Å². The van der Waals surface area contributed by atoms with Crippen LogP contribution in [0.3, 0.4) is 0 Å². The molecule has 0 radical (unpaired) electrons. The third kappa shape index (κ3) is 7.33. The summed E-state index contributed by atoms with van der Waals surface area (Å²) in [5.74, 6) is -0.253. The number of benzene rings is 3. The molecule has 2 fully saturated rings. The van der Waals surface area contributed by atoms with Gasteiger partial charge >= 0.3 is 0 Å². The second-order valence-electron chi connectivity index (χ2n) is 15.6. The number of ether oxygens (including phenoxy) is 2. The molecule has 3 aromatic rings. The van der Waals surface area contributed by atoms with Crippen LogP contribution in [-0.2, 0) is 23.7 Å². The van der Waals surface area contributed by atoms with Gasteiger partial charge in [0.1, 0.15) is 0 Å². The SMILES string of the molecule is CC1(CCC(C(C)(O)CC[C@H]2[C@H](CO[Si](c3ccccc3)(c3ccccc3)C(C)(C)C)C2(C)C)S(=O)(=O)c2ccccc2)OCCO1. The summed E-state index contributed by atoms with van der Waals surface area (Å²) >= 11 is 0. The average Bonchev–Trinajstić information content (AvgIpc) is 3.29. The molecule has 1 heterocycles. The first-order valence-corrected chi connectivity index (χ1v) is 20.5. The zero-order chi connectivity index (χ0) is 34.1. The van der Waals surface area contributed by atoms with E-state index < -0.39 is 34.8 Å². The van der Waals surface area contributed by atoms with Crippen LogP contribution in [0.5, 0.6) is 0 Å². The second-order valence-corrected chi connectivity index (χ2v) is 22.1. The van der Waals surface area contributed by atoms with Crippen molar-refractivity contribution in [1.29, 1.82) is 0 Å². The van der Waals surface area contributed by atoms with Gasteiger partial charge in [0.2, 0.25) is 0 Å². The summed E-state index contributed by atoms with van der Waals surface area (Å²) in [6.07, 6.45) is 1.69. The maximum absolute atomic E-state index is 14.1. The van der Waals surface area contributed by atoms with E-state index in [1.807, 2.05) is 6.92 Å². The van der Waals surface area contributed by atoms with Crippen LogP contribution in [0.25, 0.3) is 0 Å². The molecule has 0 spiro atoms. The fourth-order valence-electron chi connectivity index (χ4n) is 8.02. The highest BCUT2D eigenvalue weighted by atomic mass is 32.2. The molecular weight excluding hydrogens is 625 g/mol. The third-order valence-electron chi connectivity index (χ3n) is 11.0. The monoisotopic (exact) mass is 678 g/mol. The molecule has 3 aromatic carbocycles. The van der Waals surface area contributed by atoms with Gasteiger partial charge in [-0.3, -0.25) is 0 Å². The smallest absolute Gasteiger partial charge is 0.261 e. The minimum absolute atomic E-state index is 0.00822. The molecule has 8 heteroatoms. The van der Waals surface area contributed by atoms with Crippen LogP contribution < -0.4 is 10.4 Å². The van der Waals surface area contributed by atoms with Crippen LogP contribution in [0.15, 0.2) is 95.9 Å². The van der Waals surface area contributed by atoms with Gasteiger partial charge in [0.15, 0.2) is 15.6 Å². The van der Waals surface area contributed by atoms with E-state index in [1.165, 1.54) is 10.4 Å². The molecule has 256 valence electrons. The molecule has 5 rings (SSSR count).